The summed E-state index contributed by atoms with van der Waals surface area (Å²) in [4.78, 5) is 25.6. The number of anilines is 1. The van der Waals surface area contributed by atoms with Crippen LogP contribution < -0.4 is 11.1 Å². The molecule has 0 spiro atoms. The maximum Gasteiger partial charge on any atom is 0.422 e. The molecular formula is C11H12F3N3O3. The van der Waals surface area contributed by atoms with Crippen LogP contribution in [-0.2, 0) is 4.79 Å². The number of halogens is 3. The molecule has 4 N–H and O–H groups in total. The molecule has 6 nitrogen and oxygen atoms in total. The molecule has 0 aliphatic heterocycles. The number of nitrogens with one attached hydrogen (secondary N) is 1. The van der Waals surface area contributed by atoms with Crippen LogP contribution in [0.2, 0.25) is 0 Å². The number of nitrogens with zero attached hydrogens (tertiary/aromatic N) is 1. The van der Waals surface area contributed by atoms with Crippen molar-refractivity contribution >= 4 is 17.7 Å². The largest absolute Gasteiger partial charge is 0.479 e. The number of carboxylic acid groups (broad SMARTS) is 1. The summed E-state index contributed by atoms with van der Waals surface area (Å²) in [6, 6.07) is 2.24. The van der Waals surface area contributed by atoms with E-state index in [4.69, 9.17) is 10.8 Å². The van der Waals surface area contributed by atoms with Crippen LogP contribution in [0.25, 0.3) is 0 Å². The lowest BCUT2D eigenvalue weighted by Gasteiger charge is -2.29. The van der Waals surface area contributed by atoms with E-state index >= 15 is 0 Å². The first kappa shape index (κ1) is 15.7. The zero-order valence-corrected chi connectivity index (χ0v) is 10.6. The number of rotatable bonds is 4. The lowest BCUT2D eigenvalue weighted by Crippen LogP contribution is -2.55. The Labute approximate surface area is 111 Å². The van der Waals surface area contributed by atoms with Crippen LogP contribution in [0.15, 0.2) is 12.1 Å². The highest BCUT2D eigenvalue weighted by atomic mass is 19.4. The molecule has 1 aromatic heterocycles. The number of aromatic nitrogens is 1. The summed E-state index contributed by atoms with van der Waals surface area (Å²) in [6.45, 7) is 1.90. The summed E-state index contributed by atoms with van der Waals surface area (Å²) in [6.07, 6.45) is -5.06. The van der Waals surface area contributed by atoms with Gasteiger partial charge in [0, 0.05) is 11.3 Å². The average Bonchev–Trinajstić information content (AvgIpc) is 2.26. The molecule has 0 radical (unpaired) electrons. The molecule has 1 rings (SSSR count). The van der Waals surface area contributed by atoms with Gasteiger partial charge in [0.25, 0.3) is 0 Å². The molecule has 0 fully saturated rings. The first-order valence-electron chi connectivity index (χ1n) is 5.34. The summed E-state index contributed by atoms with van der Waals surface area (Å²) in [5.74, 6) is -3.38. The number of carbonyl (C=O) groups excluding carboxylic acids is 1. The molecule has 1 heterocycles. The van der Waals surface area contributed by atoms with E-state index in [1.165, 1.54) is 13.0 Å². The third-order valence-electron chi connectivity index (χ3n) is 2.61. The van der Waals surface area contributed by atoms with Gasteiger partial charge in [-0.1, -0.05) is 0 Å². The van der Waals surface area contributed by atoms with Gasteiger partial charge >= 0.3 is 12.1 Å². The third-order valence-corrected chi connectivity index (χ3v) is 2.61. The molecule has 1 amide bonds. The van der Waals surface area contributed by atoms with Crippen LogP contribution in [0.1, 0.15) is 23.0 Å². The third kappa shape index (κ3) is 2.98. The molecule has 0 aromatic carbocycles. The van der Waals surface area contributed by atoms with Gasteiger partial charge in [0.1, 0.15) is 5.82 Å². The van der Waals surface area contributed by atoms with Crippen molar-refractivity contribution in [2.45, 2.75) is 25.6 Å². The number of hydrogen-bond acceptors (Lipinski definition) is 4. The molecule has 0 saturated heterocycles. The van der Waals surface area contributed by atoms with Gasteiger partial charge in [0.2, 0.25) is 11.4 Å². The molecule has 1 aromatic rings. The number of carboxylic acids is 1. The lowest BCUT2D eigenvalue weighted by atomic mass is 10.0. The van der Waals surface area contributed by atoms with Crippen molar-refractivity contribution < 1.29 is 27.9 Å². The summed E-state index contributed by atoms with van der Waals surface area (Å²) in [5.41, 5.74) is 1.94. The second kappa shape index (κ2) is 4.99. The fraction of sp³-hybridized carbons (Fsp3) is 0.364. The number of alkyl halides is 3. The monoisotopic (exact) mass is 291 g/mol. The molecular weight excluding hydrogens is 279 g/mol. The Morgan fingerprint density at radius 2 is 1.90 bits per heavy atom. The zero-order valence-electron chi connectivity index (χ0n) is 10.6. The van der Waals surface area contributed by atoms with Gasteiger partial charge in [-0.25, -0.2) is 9.78 Å². The fourth-order valence-electron chi connectivity index (χ4n) is 1.38. The van der Waals surface area contributed by atoms with Crippen LogP contribution in [0.3, 0.4) is 0 Å². The summed E-state index contributed by atoms with van der Waals surface area (Å²) >= 11 is 0. The van der Waals surface area contributed by atoms with Crippen LogP contribution >= 0.6 is 0 Å². The Bertz CT molecular complexity index is 560. The summed E-state index contributed by atoms with van der Waals surface area (Å²) < 4.78 is 38.5. The molecule has 1 atom stereocenters. The van der Waals surface area contributed by atoms with Gasteiger partial charge in [0.15, 0.2) is 0 Å². The van der Waals surface area contributed by atoms with E-state index < -0.39 is 29.4 Å². The minimum Gasteiger partial charge on any atom is -0.479 e. The van der Waals surface area contributed by atoms with Crippen LogP contribution in [0, 0.1) is 6.92 Å². The first-order valence-corrected chi connectivity index (χ1v) is 5.34. The highest BCUT2D eigenvalue weighted by molar-refractivity contribution is 5.94. The van der Waals surface area contributed by atoms with Crippen molar-refractivity contribution in [3.63, 3.8) is 0 Å². The predicted octanol–water partition coefficient (Wildman–Crippen LogP) is 1.31. The normalized spacial score (nSPS) is 14.4. The molecule has 1 unspecified atom stereocenters. The van der Waals surface area contributed by atoms with Gasteiger partial charge in [-0.15, -0.1) is 0 Å². The highest BCUT2D eigenvalue weighted by Gasteiger charge is 2.57. The fourth-order valence-corrected chi connectivity index (χ4v) is 1.38. The second-order valence-electron chi connectivity index (χ2n) is 4.30. The minimum absolute atomic E-state index is 0.0742. The van der Waals surface area contributed by atoms with Gasteiger partial charge in [0.05, 0.1) is 0 Å². The number of primary amides is 1. The molecule has 0 saturated carbocycles. The number of hydrogen-bond donors (Lipinski definition) is 3. The molecule has 0 aliphatic rings. The number of pyridine rings is 1. The van der Waals surface area contributed by atoms with Crippen molar-refractivity contribution in [3.05, 3.63) is 23.4 Å². The van der Waals surface area contributed by atoms with E-state index in [0.717, 1.165) is 6.07 Å². The maximum atomic E-state index is 12.8. The quantitative estimate of drug-likeness (QED) is 0.775. The number of aliphatic carboxylic acids is 1. The van der Waals surface area contributed by atoms with Crippen molar-refractivity contribution in [2.75, 3.05) is 5.32 Å². The van der Waals surface area contributed by atoms with Crippen molar-refractivity contribution in [3.8, 4) is 0 Å². The zero-order chi connectivity index (χ0) is 15.7. The first-order chi connectivity index (χ1) is 8.97. The van der Waals surface area contributed by atoms with Crippen LogP contribution in [-0.4, -0.2) is 33.7 Å². The Morgan fingerprint density at radius 3 is 2.30 bits per heavy atom. The number of nitrogens with two attached hydrogens (primary N) is 1. The SMILES string of the molecule is Cc1cc(C(N)=O)cc(NC(C)(C(=O)O)C(F)(F)F)n1. The molecule has 0 aliphatic carbocycles. The van der Waals surface area contributed by atoms with Crippen LogP contribution in [0.4, 0.5) is 19.0 Å². The van der Waals surface area contributed by atoms with E-state index in [2.05, 4.69) is 4.98 Å². The maximum absolute atomic E-state index is 12.8. The molecule has 9 heteroatoms. The number of amides is 1. The van der Waals surface area contributed by atoms with E-state index in [1.54, 1.807) is 5.32 Å². The predicted molar refractivity (Wildman–Crippen MR) is 63.2 cm³/mol. The van der Waals surface area contributed by atoms with Gasteiger partial charge in [-0.2, -0.15) is 13.2 Å². The van der Waals surface area contributed by atoms with Crippen LogP contribution in [0.5, 0.6) is 0 Å². The second-order valence-corrected chi connectivity index (χ2v) is 4.30. The molecule has 110 valence electrons. The van der Waals surface area contributed by atoms with Gasteiger partial charge < -0.3 is 16.2 Å². The minimum atomic E-state index is -5.06. The summed E-state index contributed by atoms with van der Waals surface area (Å²) in [7, 11) is 0. The topological polar surface area (TPSA) is 105 Å². The van der Waals surface area contributed by atoms with Crippen molar-refractivity contribution in [2.24, 2.45) is 5.73 Å². The highest BCUT2D eigenvalue weighted by Crippen LogP contribution is 2.33. The Kier molecular flexibility index (Phi) is 3.92. The van der Waals surface area contributed by atoms with E-state index in [-0.39, 0.29) is 11.3 Å². The lowest BCUT2D eigenvalue weighted by molar-refractivity contribution is -0.192. The Balaban J connectivity index is 3.26. The molecule has 0 bridgehead atoms. The van der Waals surface area contributed by atoms with Gasteiger partial charge in [-0.3, -0.25) is 4.79 Å². The van der Waals surface area contributed by atoms with Crippen molar-refractivity contribution in [1.29, 1.82) is 0 Å². The summed E-state index contributed by atoms with van der Waals surface area (Å²) in [5, 5.41) is 10.6. The smallest absolute Gasteiger partial charge is 0.422 e. The van der Waals surface area contributed by atoms with E-state index in [0.29, 0.717) is 6.92 Å². The van der Waals surface area contributed by atoms with E-state index in [1.807, 2.05) is 0 Å². The standard InChI is InChI=1S/C11H12F3N3O3/c1-5-3-6(8(15)18)4-7(16-5)17-10(2,9(19)20)11(12,13)14/h3-4H,1-2H3,(H2,15,18)(H,16,17)(H,19,20). The molecule has 20 heavy (non-hydrogen) atoms. The number of carbonyl (C=O) groups is 2. The van der Waals surface area contributed by atoms with Crippen molar-refractivity contribution in [1.82, 2.24) is 4.98 Å². The Hall–Kier alpha value is -2.32. The number of aryl methyl sites for hydroxylation is 1. The average molecular weight is 291 g/mol. The Morgan fingerprint density at radius 1 is 1.35 bits per heavy atom. The van der Waals surface area contributed by atoms with Gasteiger partial charge in [-0.05, 0) is 26.0 Å². The van der Waals surface area contributed by atoms with E-state index in [9.17, 15) is 22.8 Å².